The van der Waals surface area contributed by atoms with Gasteiger partial charge in [0, 0.05) is 17.7 Å². The van der Waals surface area contributed by atoms with Gasteiger partial charge in [0.15, 0.2) is 0 Å². The van der Waals surface area contributed by atoms with Crippen molar-refractivity contribution in [3.63, 3.8) is 0 Å². The second-order valence-corrected chi connectivity index (χ2v) is 5.95. The predicted molar refractivity (Wildman–Crippen MR) is 99.2 cm³/mol. The van der Waals surface area contributed by atoms with E-state index in [4.69, 9.17) is 5.73 Å². The summed E-state index contributed by atoms with van der Waals surface area (Å²) in [6.07, 6.45) is 3.81. The van der Waals surface area contributed by atoms with Crippen LogP contribution in [0.3, 0.4) is 0 Å². The molecule has 1 aliphatic heterocycles. The number of aromatic nitrogens is 2. The lowest BCUT2D eigenvalue weighted by Gasteiger charge is -2.01. The molecular formula is C21H17N3O. The van der Waals surface area contributed by atoms with E-state index in [9.17, 15) is 4.79 Å². The number of fused-ring (bicyclic) bond motifs is 4. The van der Waals surface area contributed by atoms with E-state index >= 15 is 0 Å². The van der Waals surface area contributed by atoms with Crippen molar-refractivity contribution in [1.29, 1.82) is 0 Å². The van der Waals surface area contributed by atoms with Crippen LogP contribution in [0.15, 0.2) is 79.3 Å². The third kappa shape index (κ3) is 2.78. The smallest absolute Gasteiger partial charge is 0.249 e. The number of nitrogens with two attached hydrogens (primary N) is 1. The molecule has 5 rings (SSSR count). The van der Waals surface area contributed by atoms with Crippen molar-refractivity contribution in [2.45, 2.75) is 6.54 Å². The van der Waals surface area contributed by atoms with E-state index in [-0.39, 0.29) is 5.91 Å². The molecule has 2 N–H and O–H groups in total. The van der Waals surface area contributed by atoms with Crippen molar-refractivity contribution in [3.8, 4) is 11.3 Å². The van der Waals surface area contributed by atoms with Crippen molar-refractivity contribution < 1.29 is 4.79 Å². The van der Waals surface area contributed by atoms with Crippen LogP contribution in [0.25, 0.3) is 22.0 Å². The third-order valence-corrected chi connectivity index (χ3v) is 4.40. The Morgan fingerprint density at radius 1 is 0.960 bits per heavy atom. The largest absolute Gasteiger partial charge is 0.366 e. The molecule has 0 aliphatic carbocycles. The maximum absolute atomic E-state index is 11.0. The third-order valence-electron chi connectivity index (χ3n) is 4.40. The molecule has 4 aromatic rings. The number of hydrogen-bond acceptors (Lipinski definition) is 2. The molecule has 0 saturated carbocycles. The topological polar surface area (TPSA) is 60.9 Å². The van der Waals surface area contributed by atoms with Gasteiger partial charge in [-0.2, -0.15) is 0 Å². The van der Waals surface area contributed by atoms with Crippen LogP contribution in [0.2, 0.25) is 0 Å². The summed E-state index contributed by atoms with van der Waals surface area (Å²) < 4.78 is 2.17. The van der Waals surface area contributed by atoms with Crippen LogP contribution in [0.1, 0.15) is 15.9 Å². The first-order valence-corrected chi connectivity index (χ1v) is 8.10. The first kappa shape index (κ1) is 15.1. The summed E-state index contributed by atoms with van der Waals surface area (Å²) in [4.78, 5) is 15.1. The maximum Gasteiger partial charge on any atom is 0.249 e. The molecule has 2 heterocycles. The highest BCUT2D eigenvalue weighted by Crippen LogP contribution is 2.30. The average molecular weight is 327 g/mol. The lowest BCUT2D eigenvalue weighted by atomic mass is 10.0. The van der Waals surface area contributed by atoms with Crippen molar-refractivity contribution in [2.24, 2.45) is 5.73 Å². The number of carbonyl (C=O) groups is 1. The SMILES string of the molecule is NC(=O)c1cccc2ccccc12.c1ccc2c(c1)Cn1cncc1-2. The molecule has 4 heteroatoms. The lowest BCUT2D eigenvalue weighted by molar-refractivity contribution is 0.100. The molecule has 0 fully saturated rings. The number of primary amides is 1. The van der Waals surface area contributed by atoms with Gasteiger partial charge in [-0.25, -0.2) is 4.98 Å². The van der Waals surface area contributed by atoms with Crippen molar-refractivity contribution in [1.82, 2.24) is 9.55 Å². The summed E-state index contributed by atoms with van der Waals surface area (Å²) >= 11 is 0. The van der Waals surface area contributed by atoms with Crippen molar-refractivity contribution >= 4 is 16.7 Å². The molecule has 3 aromatic carbocycles. The monoisotopic (exact) mass is 327 g/mol. The molecule has 1 amide bonds. The molecule has 0 atom stereocenters. The van der Waals surface area contributed by atoms with Gasteiger partial charge in [0.1, 0.15) is 0 Å². The van der Waals surface area contributed by atoms with Crippen LogP contribution in [-0.2, 0) is 6.54 Å². The number of carbonyl (C=O) groups excluding carboxylic acids is 1. The van der Waals surface area contributed by atoms with Crippen LogP contribution in [-0.4, -0.2) is 15.5 Å². The molecule has 0 bridgehead atoms. The molecule has 0 radical (unpaired) electrons. The summed E-state index contributed by atoms with van der Waals surface area (Å²) in [6.45, 7) is 0.978. The molecule has 122 valence electrons. The minimum Gasteiger partial charge on any atom is -0.366 e. The Balaban J connectivity index is 0.000000126. The summed E-state index contributed by atoms with van der Waals surface area (Å²) in [7, 11) is 0. The molecular weight excluding hydrogens is 310 g/mol. The van der Waals surface area contributed by atoms with Crippen molar-refractivity contribution in [2.75, 3.05) is 0 Å². The number of imidazole rings is 1. The predicted octanol–water partition coefficient (Wildman–Crippen LogP) is 3.85. The molecule has 0 spiro atoms. The van der Waals surface area contributed by atoms with Gasteiger partial charge < -0.3 is 10.3 Å². The Morgan fingerprint density at radius 2 is 1.72 bits per heavy atom. The van der Waals surface area contributed by atoms with E-state index in [0.717, 1.165) is 17.3 Å². The van der Waals surface area contributed by atoms with Crippen molar-refractivity contribution in [3.05, 3.63) is 90.4 Å². The van der Waals surface area contributed by atoms with Gasteiger partial charge >= 0.3 is 0 Å². The Morgan fingerprint density at radius 3 is 2.60 bits per heavy atom. The first-order valence-electron chi connectivity index (χ1n) is 8.10. The fraction of sp³-hybridized carbons (Fsp3) is 0.0476. The Labute approximate surface area is 145 Å². The van der Waals surface area contributed by atoms with Crippen LogP contribution < -0.4 is 5.73 Å². The van der Waals surface area contributed by atoms with E-state index in [1.807, 2.05) is 48.9 Å². The summed E-state index contributed by atoms with van der Waals surface area (Å²) in [6, 6.07) is 21.7. The summed E-state index contributed by atoms with van der Waals surface area (Å²) in [5.74, 6) is -0.378. The van der Waals surface area contributed by atoms with E-state index in [1.54, 1.807) is 6.07 Å². The number of rotatable bonds is 1. The van der Waals surface area contributed by atoms with E-state index in [0.29, 0.717) is 5.56 Å². The number of nitrogens with zero attached hydrogens (tertiary/aromatic N) is 2. The summed E-state index contributed by atoms with van der Waals surface area (Å²) in [5, 5.41) is 1.95. The minimum atomic E-state index is -0.378. The zero-order valence-electron chi connectivity index (χ0n) is 13.6. The van der Waals surface area contributed by atoms with E-state index < -0.39 is 0 Å². The zero-order chi connectivity index (χ0) is 17.2. The molecule has 1 aromatic heterocycles. The highest BCUT2D eigenvalue weighted by atomic mass is 16.1. The standard InChI is InChI=1S/C11H9NO.C10H8N2/c12-11(13)10-7-3-5-8-4-1-2-6-9(8)10;1-2-4-9-8(3-1)6-12-7-11-5-10(9)12/h1-7H,(H2,12,13);1-5,7H,6H2. The van der Waals surface area contributed by atoms with Gasteiger partial charge in [0.25, 0.3) is 0 Å². The minimum absolute atomic E-state index is 0.378. The van der Waals surface area contributed by atoms with Gasteiger partial charge in [-0.1, -0.05) is 60.7 Å². The zero-order valence-corrected chi connectivity index (χ0v) is 13.6. The van der Waals surface area contributed by atoms with E-state index in [1.165, 1.54) is 16.8 Å². The Kier molecular flexibility index (Phi) is 3.78. The fourth-order valence-corrected chi connectivity index (χ4v) is 3.20. The maximum atomic E-state index is 11.0. The fourth-order valence-electron chi connectivity index (χ4n) is 3.20. The highest BCUT2D eigenvalue weighted by Gasteiger charge is 2.16. The number of hydrogen-bond donors (Lipinski definition) is 1. The number of amides is 1. The van der Waals surface area contributed by atoms with Gasteiger partial charge in [0.2, 0.25) is 5.91 Å². The first-order chi connectivity index (χ1) is 12.2. The molecule has 0 unspecified atom stereocenters. The molecule has 1 aliphatic rings. The van der Waals surface area contributed by atoms with Gasteiger partial charge in [-0.3, -0.25) is 4.79 Å². The normalized spacial score (nSPS) is 11.4. The Bertz CT molecular complexity index is 1060. The van der Waals surface area contributed by atoms with Crippen LogP contribution in [0, 0.1) is 0 Å². The Hall–Kier alpha value is -3.40. The highest BCUT2D eigenvalue weighted by molar-refractivity contribution is 6.06. The quantitative estimate of drug-likeness (QED) is 0.508. The summed E-state index contributed by atoms with van der Waals surface area (Å²) in [5.41, 5.74) is 9.79. The van der Waals surface area contributed by atoms with Crippen LogP contribution in [0.5, 0.6) is 0 Å². The van der Waals surface area contributed by atoms with Gasteiger partial charge in [-0.15, -0.1) is 0 Å². The molecule has 4 nitrogen and oxygen atoms in total. The van der Waals surface area contributed by atoms with Gasteiger partial charge in [-0.05, 0) is 22.4 Å². The second kappa shape index (κ2) is 6.24. The van der Waals surface area contributed by atoms with Crippen LogP contribution in [0.4, 0.5) is 0 Å². The van der Waals surface area contributed by atoms with Gasteiger partial charge in [0.05, 0.1) is 18.2 Å². The van der Waals surface area contributed by atoms with E-state index in [2.05, 4.69) is 33.8 Å². The number of benzene rings is 3. The average Bonchev–Trinajstić information content (AvgIpc) is 3.23. The van der Waals surface area contributed by atoms with Crippen LogP contribution >= 0.6 is 0 Å². The molecule has 0 saturated heterocycles. The molecule has 25 heavy (non-hydrogen) atoms. The second-order valence-electron chi connectivity index (χ2n) is 5.95. The lowest BCUT2D eigenvalue weighted by Crippen LogP contribution is -2.11.